The molecule has 1 aliphatic rings. The Balaban J connectivity index is 2.11. The van der Waals surface area contributed by atoms with Crippen molar-refractivity contribution in [1.82, 2.24) is 4.98 Å². The number of hydrogen-bond donors (Lipinski definition) is 2. The fraction of sp³-hybridized carbons (Fsp3) is 0.333. The van der Waals surface area contributed by atoms with E-state index in [0.717, 1.165) is 11.8 Å². The Morgan fingerprint density at radius 3 is 2.78 bits per heavy atom. The van der Waals surface area contributed by atoms with E-state index in [1.165, 1.54) is 5.32 Å². The number of oxime groups is 1. The van der Waals surface area contributed by atoms with Gasteiger partial charge in [0.25, 0.3) is 0 Å². The first-order valence-electron chi connectivity index (χ1n) is 6.25. The van der Waals surface area contributed by atoms with Gasteiger partial charge in [0.15, 0.2) is 5.13 Å². The molecule has 2 rings (SSSR count). The van der Waals surface area contributed by atoms with E-state index in [2.05, 4.69) is 10.1 Å². The number of aromatic nitrogens is 1. The second-order valence-electron chi connectivity index (χ2n) is 4.38. The molecule has 0 saturated carbocycles. The van der Waals surface area contributed by atoms with Crippen LogP contribution in [0.2, 0.25) is 0 Å². The highest BCUT2D eigenvalue weighted by molar-refractivity contribution is 7.14. The molecule has 23 heavy (non-hydrogen) atoms. The molecule has 0 fully saturated rings. The minimum atomic E-state index is -5.06. The molecule has 0 radical (unpaired) electrons. The number of rotatable bonds is 5. The van der Waals surface area contributed by atoms with Gasteiger partial charge in [-0.25, -0.2) is 9.78 Å². The third-order valence-corrected chi connectivity index (χ3v) is 3.43. The zero-order valence-electron chi connectivity index (χ0n) is 11.3. The Bertz CT molecular complexity index is 669. The van der Waals surface area contributed by atoms with Crippen LogP contribution in [0, 0.1) is 0 Å². The van der Waals surface area contributed by atoms with Crippen LogP contribution >= 0.6 is 11.3 Å². The number of hydrogen-bond acceptors (Lipinski definition) is 6. The molecule has 2 N–H and O–H groups in total. The van der Waals surface area contributed by atoms with Gasteiger partial charge in [-0.1, -0.05) is 11.2 Å². The van der Waals surface area contributed by atoms with Crippen LogP contribution < -0.4 is 5.32 Å². The van der Waals surface area contributed by atoms with E-state index < -0.39 is 28.9 Å². The van der Waals surface area contributed by atoms with Crippen LogP contribution in [0.5, 0.6) is 0 Å². The standard InChI is InChI=1S/C12H10F3N3O4S/c13-12(14,15)10(21)17-11-16-7(5-23-11)8(9(19)20)18-22-6-3-1-2-4-6/h1,3,5-6H,2,4H2,(H,19,20)(H,16,17,21). The second kappa shape index (κ2) is 6.77. The predicted molar refractivity (Wildman–Crippen MR) is 74.2 cm³/mol. The topological polar surface area (TPSA) is 101 Å². The number of aliphatic carboxylic acids is 1. The Morgan fingerprint density at radius 1 is 1.48 bits per heavy atom. The van der Waals surface area contributed by atoms with Crippen LogP contribution in [0.1, 0.15) is 18.5 Å². The lowest BCUT2D eigenvalue weighted by atomic mass is 10.3. The first-order chi connectivity index (χ1) is 10.8. The molecule has 1 amide bonds. The number of carbonyl (C=O) groups is 2. The molecular formula is C12H10F3N3O4S. The number of thiazole rings is 1. The molecule has 1 unspecified atom stereocenters. The van der Waals surface area contributed by atoms with Crippen molar-refractivity contribution in [2.45, 2.75) is 25.1 Å². The van der Waals surface area contributed by atoms with Crippen molar-refractivity contribution in [2.24, 2.45) is 5.16 Å². The van der Waals surface area contributed by atoms with E-state index in [9.17, 15) is 22.8 Å². The third kappa shape index (κ3) is 4.52. The third-order valence-electron chi connectivity index (χ3n) is 2.68. The number of carboxylic acids is 1. The second-order valence-corrected chi connectivity index (χ2v) is 5.24. The highest BCUT2D eigenvalue weighted by atomic mass is 32.1. The van der Waals surface area contributed by atoms with Gasteiger partial charge in [0, 0.05) is 5.38 Å². The normalized spacial score (nSPS) is 18.0. The summed E-state index contributed by atoms with van der Waals surface area (Å²) in [7, 11) is 0. The number of nitrogens with zero attached hydrogens (tertiary/aromatic N) is 2. The number of allylic oxidation sites excluding steroid dienone is 1. The lowest BCUT2D eigenvalue weighted by Gasteiger charge is -2.06. The minimum Gasteiger partial charge on any atom is -0.476 e. The molecule has 1 heterocycles. The Hall–Kier alpha value is -2.43. The first-order valence-corrected chi connectivity index (χ1v) is 7.13. The Labute approximate surface area is 131 Å². The summed E-state index contributed by atoms with van der Waals surface area (Å²) in [5.74, 6) is -3.65. The van der Waals surface area contributed by atoms with Gasteiger partial charge < -0.3 is 9.94 Å². The average molecular weight is 349 g/mol. The molecule has 0 saturated heterocycles. The van der Waals surface area contributed by atoms with Crippen molar-refractivity contribution in [3.8, 4) is 0 Å². The van der Waals surface area contributed by atoms with Crippen molar-refractivity contribution < 1.29 is 32.7 Å². The summed E-state index contributed by atoms with van der Waals surface area (Å²) < 4.78 is 36.4. The maximum atomic E-state index is 12.1. The quantitative estimate of drug-likeness (QED) is 0.482. The fourth-order valence-corrected chi connectivity index (χ4v) is 2.31. The zero-order valence-corrected chi connectivity index (χ0v) is 12.1. The van der Waals surface area contributed by atoms with Crippen LogP contribution in [0.15, 0.2) is 22.7 Å². The monoisotopic (exact) mass is 349 g/mol. The van der Waals surface area contributed by atoms with Gasteiger partial charge >= 0.3 is 18.1 Å². The van der Waals surface area contributed by atoms with Crippen LogP contribution in [0.3, 0.4) is 0 Å². The molecule has 0 aliphatic heterocycles. The fourth-order valence-electron chi connectivity index (χ4n) is 1.62. The molecule has 7 nitrogen and oxygen atoms in total. The molecule has 11 heteroatoms. The van der Waals surface area contributed by atoms with E-state index in [-0.39, 0.29) is 11.8 Å². The van der Waals surface area contributed by atoms with Crippen LogP contribution in [-0.2, 0) is 14.4 Å². The number of nitrogens with one attached hydrogen (secondary N) is 1. The highest BCUT2D eigenvalue weighted by Crippen LogP contribution is 2.21. The molecule has 1 aliphatic carbocycles. The summed E-state index contributed by atoms with van der Waals surface area (Å²) in [6.45, 7) is 0. The molecule has 1 atom stereocenters. The first kappa shape index (κ1) is 16.9. The van der Waals surface area contributed by atoms with Crippen molar-refractivity contribution in [2.75, 3.05) is 5.32 Å². The summed E-state index contributed by atoms with van der Waals surface area (Å²) in [6.07, 6.45) is -0.402. The number of amides is 1. The van der Waals surface area contributed by atoms with Gasteiger partial charge in [0.05, 0.1) is 0 Å². The maximum absolute atomic E-state index is 12.1. The number of alkyl halides is 3. The van der Waals surface area contributed by atoms with E-state index >= 15 is 0 Å². The van der Waals surface area contributed by atoms with Crippen molar-refractivity contribution in [3.05, 3.63) is 23.2 Å². The number of anilines is 1. The SMILES string of the molecule is O=C(O)C(=NOC1C=CCC1)c1csc(NC(=O)C(F)(F)F)n1. The van der Waals surface area contributed by atoms with Gasteiger partial charge in [0.2, 0.25) is 5.71 Å². The van der Waals surface area contributed by atoms with Crippen molar-refractivity contribution in [1.29, 1.82) is 0 Å². The summed E-state index contributed by atoms with van der Waals surface area (Å²) in [6, 6.07) is 0. The predicted octanol–water partition coefficient (Wildman–Crippen LogP) is 2.17. The maximum Gasteiger partial charge on any atom is 0.471 e. The van der Waals surface area contributed by atoms with Gasteiger partial charge in [-0.15, -0.1) is 11.3 Å². The van der Waals surface area contributed by atoms with Crippen LogP contribution in [-0.4, -0.2) is 40.0 Å². The van der Waals surface area contributed by atoms with Gasteiger partial charge in [-0.3, -0.25) is 10.1 Å². The van der Waals surface area contributed by atoms with Crippen LogP contribution in [0.25, 0.3) is 0 Å². The Kier molecular flexibility index (Phi) is 4.98. The lowest BCUT2D eigenvalue weighted by Crippen LogP contribution is -2.29. The smallest absolute Gasteiger partial charge is 0.471 e. The summed E-state index contributed by atoms with van der Waals surface area (Å²) in [4.78, 5) is 30.6. The molecule has 0 bridgehead atoms. The molecule has 124 valence electrons. The number of carbonyl (C=O) groups excluding carboxylic acids is 1. The number of halogens is 3. The summed E-state index contributed by atoms with van der Waals surface area (Å²) in [5.41, 5.74) is -0.768. The van der Waals surface area contributed by atoms with Gasteiger partial charge in [0.1, 0.15) is 11.8 Å². The Morgan fingerprint density at radius 2 is 2.22 bits per heavy atom. The van der Waals surface area contributed by atoms with Crippen molar-refractivity contribution >= 4 is 34.1 Å². The molecule has 1 aromatic heterocycles. The number of carboxylic acid groups (broad SMARTS) is 1. The van der Waals surface area contributed by atoms with Crippen LogP contribution in [0.4, 0.5) is 18.3 Å². The molecule has 1 aromatic rings. The molecule has 0 spiro atoms. The van der Waals surface area contributed by atoms with E-state index in [4.69, 9.17) is 9.94 Å². The zero-order chi connectivity index (χ0) is 17.0. The van der Waals surface area contributed by atoms with Crippen molar-refractivity contribution in [3.63, 3.8) is 0 Å². The lowest BCUT2D eigenvalue weighted by molar-refractivity contribution is -0.167. The molecule has 0 aromatic carbocycles. The largest absolute Gasteiger partial charge is 0.476 e. The van der Waals surface area contributed by atoms with E-state index in [1.807, 2.05) is 6.08 Å². The van der Waals surface area contributed by atoms with E-state index in [0.29, 0.717) is 17.8 Å². The summed E-state index contributed by atoms with van der Waals surface area (Å²) in [5, 5.41) is 14.9. The van der Waals surface area contributed by atoms with Gasteiger partial charge in [-0.2, -0.15) is 13.2 Å². The van der Waals surface area contributed by atoms with Gasteiger partial charge in [-0.05, 0) is 18.9 Å². The minimum absolute atomic E-state index is 0.207. The molecular weight excluding hydrogens is 339 g/mol. The van der Waals surface area contributed by atoms with E-state index in [1.54, 1.807) is 6.08 Å². The summed E-state index contributed by atoms with van der Waals surface area (Å²) >= 11 is 0.641. The average Bonchev–Trinajstić information content (AvgIpc) is 3.09. The highest BCUT2D eigenvalue weighted by Gasteiger charge is 2.39.